The third kappa shape index (κ3) is 3.75. The van der Waals surface area contributed by atoms with E-state index in [1.165, 1.54) is 7.11 Å². The van der Waals surface area contributed by atoms with E-state index in [0.717, 1.165) is 22.5 Å². The highest BCUT2D eigenvalue weighted by Gasteiger charge is 2.35. The average Bonchev–Trinajstić information content (AvgIpc) is 2.62. The van der Waals surface area contributed by atoms with Crippen LogP contribution in [0.3, 0.4) is 0 Å². The summed E-state index contributed by atoms with van der Waals surface area (Å²) in [6.07, 6.45) is 0.569. The summed E-state index contributed by atoms with van der Waals surface area (Å²) in [7, 11) is -2.86. The van der Waals surface area contributed by atoms with Crippen molar-refractivity contribution < 1.29 is 26.7 Å². The van der Waals surface area contributed by atoms with Crippen molar-refractivity contribution >= 4 is 10.0 Å². The van der Waals surface area contributed by atoms with Crippen LogP contribution in [0.1, 0.15) is 12.8 Å². The van der Waals surface area contributed by atoms with Crippen LogP contribution in [0.2, 0.25) is 0 Å². The molecule has 0 spiro atoms. The van der Waals surface area contributed by atoms with Gasteiger partial charge in [-0.2, -0.15) is 4.31 Å². The maximum atomic E-state index is 13.9. The first-order valence-electron chi connectivity index (χ1n) is 7.90. The van der Waals surface area contributed by atoms with Crippen molar-refractivity contribution in [1.29, 1.82) is 0 Å². The zero-order valence-corrected chi connectivity index (χ0v) is 14.7. The lowest BCUT2D eigenvalue weighted by Crippen LogP contribution is -2.44. The Morgan fingerprint density at radius 3 is 2.38 bits per heavy atom. The molecule has 0 N–H and O–H groups in total. The van der Waals surface area contributed by atoms with Gasteiger partial charge in [0, 0.05) is 18.7 Å². The maximum absolute atomic E-state index is 13.9. The van der Waals surface area contributed by atoms with Gasteiger partial charge in [-0.05, 0) is 25.0 Å². The summed E-state index contributed by atoms with van der Waals surface area (Å²) in [5.41, 5.74) is 0. The molecule has 0 aliphatic carbocycles. The molecule has 1 unspecified atom stereocenters. The number of halogens is 2. The molecular weight excluding hydrogens is 368 g/mol. The predicted octanol–water partition coefficient (Wildman–Crippen LogP) is 2.00. The van der Waals surface area contributed by atoms with Crippen LogP contribution in [-0.2, 0) is 10.0 Å². The minimum absolute atomic E-state index is 0.0379. The molecule has 3 rings (SSSR count). The topological polar surface area (TPSA) is 81.6 Å². The molecule has 7 nitrogen and oxygen atoms in total. The Morgan fingerprint density at radius 1 is 1.12 bits per heavy atom. The van der Waals surface area contributed by atoms with Crippen LogP contribution in [0.25, 0.3) is 0 Å². The standard InChI is InChI=1S/C16H17F2N3O4S/c1-24-14-7-8-15(20-19-14)25-11-4-3-9-21(10-11)26(22,23)16-12(17)5-2-6-13(16)18/h2,5-8,11H,3-4,9-10H2,1H3. The first kappa shape index (κ1) is 18.5. The monoisotopic (exact) mass is 385 g/mol. The number of hydrogen-bond acceptors (Lipinski definition) is 6. The summed E-state index contributed by atoms with van der Waals surface area (Å²) >= 11 is 0. The van der Waals surface area contributed by atoms with Gasteiger partial charge in [-0.15, -0.1) is 10.2 Å². The predicted molar refractivity (Wildman–Crippen MR) is 87.4 cm³/mol. The molecule has 1 saturated heterocycles. The number of benzene rings is 1. The van der Waals surface area contributed by atoms with Gasteiger partial charge in [-0.25, -0.2) is 17.2 Å². The average molecular weight is 385 g/mol. The van der Waals surface area contributed by atoms with Gasteiger partial charge in [-0.1, -0.05) is 6.07 Å². The second-order valence-electron chi connectivity index (χ2n) is 5.71. The van der Waals surface area contributed by atoms with Crippen molar-refractivity contribution in [2.45, 2.75) is 23.8 Å². The second kappa shape index (κ2) is 7.50. The first-order chi connectivity index (χ1) is 12.4. The highest BCUT2D eigenvalue weighted by molar-refractivity contribution is 7.89. The fourth-order valence-corrected chi connectivity index (χ4v) is 4.35. The molecule has 1 fully saturated rings. The van der Waals surface area contributed by atoms with E-state index in [0.29, 0.717) is 18.7 Å². The summed E-state index contributed by atoms with van der Waals surface area (Å²) in [6, 6.07) is 6.07. The lowest BCUT2D eigenvalue weighted by molar-refractivity contribution is 0.123. The van der Waals surface area contributed by atoms with E-state index >= 15 is 0 Å². The minimum Gasteiger partial charge on any atom is -0.480 e. The smallest absolute Gasteiger partial charge is 0.249 e. The Morgan fingerprint density at radius 2 is 1.77 bits per heavy atom. The zero-order chi connectivity index (χ0) is 18.7. The lowest BCUT2D eigenvalue weighted by atomic mass is 10.1. The fraction of sp³-hybridized carbons (Fsp3) is 0.375. The van der Waals surface area contributed by atoms with Crippen LogP contribution in [-0.4, -0.2) is 49.2 Å². The molecule has 1 aromatic heterocycles. The van der Waals surface area contributed by atoms with E-state index < -0.39 is 32.7 Å². The molecule has 140 valence electrons. The van der Waals surface area contributed by atoms with E-state index in [9.17, 15) is 17.2 Å². The van der Waals surface area contributed by atoms with Crippen LogP contribution in [0.4, 0.5) is 8.78 Å². The third-order valence-corrected chi connectivity index (χ3v) is 5.89. The van der Waals surface area contributed by atoms with Gasteiger partial charge in [0.2, 0.25) is 21.8 Å². The molecule has 2 heterocycles. The summed E-state index contributed by atoms with van der Waals surface area (Å²) < 4.78 is 64.7. The Hall–Kier alpha value is -2.33. The molecule has 1 atom stereocenters. The molecule has 2 aromatic rings. The van der Waals surface area contributed by atoms with Crippen molar-refractivity contribution in [3.05, 3.63) is 42.0 Å². The molecule has 1 aliphatic heterocycles. The molecule has 0 saturated carbocycles. The Labute approximate surface area is 149 Å². The zero-order valence-electron chi connectivity index (χ0n) is 13.9. The van der Waals surface area contributed by atoms with Gasteiger partial charge >= 0.3 is 0 Å². The molecule has 0 amide bonds. The van der Waals surface area contributed by atoms with Gasteiger partial charge in [0.1, 0.15) is 17.7 Å². The van der Waals surface area contributed by atoms with Crippen molar-refractivity contribution in [2.75, 3.05) is 20.2 Å². The van der Waals surface area contributed by atoms with Gasteiger partial charge < -0.3 is 9.47 Å². The highest BCUT2D eigenvalue weighted by atomic mass is 32.2. The number of piperidine rings is 1. The van der Waals surface area contributed by atoms with E-state index in [2.05, 4.69) is 10.2 Å². The van der Waals surface area contributed by atoms with Gasteiger partial charge in [0.25, 0.3) is 0 Å². The van der Waals surface area contributed by atoms with E-state index in [1.54, 1.807) is 12.1 Å². The number of sulfonamides is 1. The van der Waals surface area contributed by atoms with Crippen LogP contribution < -0.4 is 9.47 Å². The molecular formula is C16H17F2N3O4S. The SMILES string of the molecule is COc1ccc(OC2CCCN(S(=O)(=O)c3c(F)cccc3F)C2)nn1. The lowest BCUT2D eigenvalue weighted by Gasteiger charge is -2.31. The number of nitrogens with zero attached hydrogens (tertiary/aromatic N) is 3. The van der Waals surface area contributed by atoms with E-state index in [4.69, 9.17) is 9.47 Å². The van der Waals surface area contributed by atoms with Crippen LogP contribution >= 0.6 is 0 Å². The quantitative estimate of drug-likeness (QED) is 0.783. The van der Waals surface area contributed by atoms with Crippen molar-refractivity contribution in [1.82, 2.24) is 14.5 Å². The second-order valence-corrected chi connectivity index (χ2v) is 7.58. The molecule has 1 aromatic carbocycles. The number of methoxy groups -OCH3 is 1. The Bertz CT molecular complexity index is 857. The van der Waals surface area contributed by atoms with Crippen molar-refractivity contribution in [2.24, 2.45) is 0 Å². The number of hydrogen-bond donors (Lipinski definition) is 0. The van der Waals surface area contributed by atoms with E-state index in [1.807, 2.05) is 0 Å². The number of aromatic nitrogens is 2. The van der Waals surface area contributed by atoms with Gasteiger partial charge in [-0.3, -0.25) is 0 Å². The third-order valence-electron chi connectivity index (χ3n) is 3.97. The largest absolute Gasteiger partial charge is 0.480 e. The van der Waals surface area contributed by atoms with Gasteiger partial charge in [0.15, 0.2) is 4.90 Å². The summed E-state index contributed by atoms with van der Waals surface area (Å²) in [5.74, 6) is -1.70. The molecule has 1 aliphatic rings. The Balaban J connectivity index is 1.77. The molecule has 0 bridgehead atoms. The van der Waals surface area contributed by atoms with Crippen LogP contribution in [0.5, 0.6) is 11.8 Å². The summed E-state index contributed by atoms with van der Waals surface area (Å²) in [5, 5.41) is 7.61. The summed E-state index contributed by atoms with van der Waals surface area (Å²) in [4.78, 5) is -0.940. The van der Waals surface area contributed by atoms with Crippen LogP contribution in [0.15, 0.2) is 35.2 Å². The normalized spacial score (nSPS) is 18.5. The van der Waals surface area contributed by atoms with E-state index in [-0.39, 0.29) is 19.0 Å². The van der Waals surface area contributed by atoms with Crippen molar-refractivity contribution in [3.63, 3.8) is 0 Å². The summed E-state index contributed by atoms with van der Waals surface area (Å²) in [6.45, 7) is 0.119. The first-order valence-corrected chi connectivity index (χ1v) is 9.34. The molecule has 0 radical (unpaired) electrons. The Kier molecular flexibility index (Phi) is 5.33. The van der Waals surface area contributed by atoms with Gasteiger partial charge in [0.05, 0.1) is 13.7 Å². The minimum atomic E-state index is -4.31. The number of ether oxygens (including phenoxy) is 2. The van der Waals surface area contributed by atoms with Crippen molar-refractivity contribution in [3.8, 4) is 11.8 Å². The fourth-order valence-electron chi connectivity index (χ4n) is 2.73. The molecule has 26 heavy (non-hydrogen) atoms. The number of rotatable bonds is 5. The maximum Gasteiger partial charge on any atom is 0.249 e. The van der Waals surface area contributed by atoms with Crippen LogP contribution in [0, 0.1) is 11.6 Å². The highest BCUT2D eigenvalue weighted by Crippen LogP contribution is 2.26. The molecule has 10 heteroatoms.